The number of carbonyl (C=O) groups excluding carboxylic acids is 3. The van der Waals surface area contributed by atoms with Crippen molar-refractivity contribution in [2.45, 2.75) is 20.5 Å². The van der Waals surface area contributed by atoms with E-state index in [1.165, 1.54) is 6.08 Å². The molecule has 1 aliphatic heterocycles. The molecule has 4 amide bonds. The molecule has 0 aromatic heterocycles. The maximum Gasteiger partial charge on any atom is 0.335 e. The van der Waals surface area contributed by atoms with Crippen LogP contribution >= 0.6 is 15.9 Å². The van der Waals surface area contributed by atoms with Gasteiger partial charge in [0.05, 0.1) is 5.69 Å². The van der Waals surface area contributed by atoms with Gasteiger partial charge in [-0.2, -0.15) is 0 Å². The highest BCUT2D eigenvalue weighted by Crippen LogP contribution is 2.26. The van der Waals surface area contributed by atoms with Crippen molar-refractivity contribution in [3.63, 3.8) is 0 Å². The first kappa shape index (κ1) is 22.5. The maximum absolute atomic E-state index is 13.1. The summed E-state index contributed by atoms with van der Waals surface area (Å²) in [5, 5.41) is 2.26. The summed E-state index contributed by atoms with van der Waals surface area (Å²) >= 11 is 3.50. The summed E-state index contributed by atoms with van der Waals surface area (Å²) in [5.41, 5.74) is 3.75. The fourth-order valence-electron chi connectivity index (χ4n) is 3.54. The second-order valence-corrected chi connectivity index (χ2v) is 8.55. The largest absolute Gasteiger partial charge is 0.489 e. The Labute approximate surface area is 200 Å². The number of nitrogens with one attached hydrogen (secondary N) is 1. The first-order chi connectivity index (χ1) is 15.8. The highest BCUT2D eigenvalue weighted by Gasteiger charge is 2.37. The first-order valence-corrected chi connectivity index (χ1v) is 11.1. The Morgan fingerprint density at radius 3 is 2.39 bits per heavy atom. The Hall–Kier alpha value is -3.71. The van der Waals surface area contributed by atoms with Crippen LogP contribution in [0.15, 0.2) is 76.8 Å². The predicted octanol–water partition coefficient (Wildman–Crippen LogP) is 5.31. The quantitative estimate of drug-likeness (QED) is 0.377. The van der Waals surface area contributed by atoms with Crippen molar-refractivity contribution in [3.8, 4) is 5.75 Å². The molecular weight excluding hydrogens is 484 g/mol. The molecule has 3 aromatic carbocycles. The van der Waals surface area contributed by atoms with Crippen LogP contribution in [0.3, 0.4) is 0 Å². The smallest absolute Gasteiger partial charge is 0.335 e. The van der Waals surface area contributed by atoms with Gasteiger partial charge in [-0.3, -0.25) is 14.9 Å². The molecule has 4 rings (SSSR count). The van der Waals surface area contributed by atoms with E-state index in [1.807, 2.05) is 50.2 Å². The van der Waals surface area contributed by atoms with Crippen molar-refractivity contribution >= 4 is 45.5 Å². The Kier molecular flexibility index (Phi) is 6.42. The lowest BCUT2D eigenvalue weighted by atomic mass is 10.0. The van der Waals surface area contributed by atoms with Crippen molar-refractivity contribution in [2.75, 3.05) is 4.90 Å². The third-order valence-corrected chi connectivity index (χ3v) is 6.01. The molecule has 0 aliphatic carbocycles. The SMILES string of the molecule is Cc1ccc(N2C(=O)NC(=O)/C(=C\c3ccc(OCc4ccccc4Br)cc3)C2=O)c(C)c1. The van der Waals surface area contributed by atoms with E-state index in [4.69, 9.17) is 4.74 Å². The van der Waals surface area contributed by atoms with E-state index in [9.17, 15) is 14.4 Å². The predicted molar refractivity (Wildman–Crippen MR) is 130 cm³/mol. The topological polar surface area (TPSA) is 75.7 Å². The van der Waals surface area contributed by atoms with Crippen LogP contribution in [-0.2, 0) is 16.2 Å². The molecule has 0 radical (unpaired) electrons. The van der Waals surface area contributed by atoms with Gasteiger partial charge in [0.15, 0.2) is 0 Å². The number of imide groups is 2. The molecule has 0 atom stereocenters. The van der Waals surface area contributed by atoms with Gasteiger partial charge in [0.25, 0.3) is 11.8 Å². The van der Waals surface area contributed by atoms with E-state index in [2.05, 4.69) is 21.2 Å². The number of halogens is 1. The number of amides is 4. The number of aryl methyl sites for hydroxylation is 2. The van der Waals surface area contributed by atoms with Crippen molar-refractivity contribution < 1.29 is 19.1 Å². The normalized spacial score (nSPS) is 15.1. The van der Waals surface area contributed by atoms with Gasteiger partial charge in [-0.05, 0) is 55.3 Å². The average molecular weight is 505 g/mol. The van der Waals surface area contributed by atoms with Gasteiger partial charge in [-0.1, -0.05) is 64.0 Å². The van der Waals surface area contributed by atoms with E-state index in [0.717, 1.165) is 26.1 Å². The van der Waals surface area contributed by atoms with Crippen molar-refractivity contribution in [2.24, 2.45) is 0 Å². The lowest BCUT2D eigenvalue weighted by molar-refractivity contribution is -0.122. The molecular formula is C26H21BrN2O4. The van der Waals surface area contributed by atoms with Gasteiger partial charge >= 0.3 is 6.03 Å². The number of carbonyl (C=O) groups is 3. The van der Waals surface area contributed by atoms with Gasteiger partial charge in [-0.15, -0.1) is 0 Å². The fraction of sp³-hybridized carbons (Fsp3) is 0.115. The summed E-state index contributed by atoms with van der Waals surface area (Å²) in [6.45, 7) is 4.14. The Morgan fingerprint density at radius 2 is 1.70 bits per heavy atom. The molecule has 1 heterocycles. The minimum absolute atomic E-state index is 0.114. The molecule has 0 spiro atoms. The zero-order chi connectivity index (χ0) is 23.5. The number of barbiturate groups is 1. The van der Waals surface area contributed by atoms with E-state index < -0.39 is 17.8 Å². The lowest BCUT2D eigenvalue weighted by Gasteiger charge is -2.27. The standard InChI is InChI=1S/C26H21BrN2O4/c1-16-7-12-23(17(2)13-16)29-25(31)21(24(30)28-26(29)32)14-18-8-10-20(11-9-18)33-15-19-5-3-4-6-22(19)27/h3-14H,15H2,1-2H3,(H,28,30,32)/b21-14+. The van der Waals surface area contributed by atoms with Crippen LogP contribution in [0.5, 0.6) is 5.75 Å². The molecule has 0 unspecified atom stereocenters. The minimum Gasteiger partial charge on any atom is -0.489 e. The highest BCUT2D eigenvalue weighted by molar-refractivity contribution is 9.10. The van der Waals surface area contributed by atoms with Gasteiger partial charge in [0.1, 0.15) is 17.9 Å². The van der Waals surface area contributed by atoms with Gasteiger partial charge in [0, 0.05) is 10.0 Å². The van der Waals surface area contributed by atoms with Crippen LogP contribution in [-0.4, -0.2) is 17.8 Å². The number of rotatable bonds is 5. The number of anilines is 1. The molecule has 0 bridgehead atoms. The van der Waals surface area contributed by atoms with E-state index >= 15 is 0 Å². The third-order valence-electron chi connectivity index (χ3n) is 5.24. The lowest BCUT2D eigenvalue weighted by Crippen LogP contribution is -2.54. The number of hydrogen-bond acceptors (Lipinski definition) is 4. The second-order valence-electron chi connectivity index (χ2n) is 7.70. The zero-order valence-electron chi connectivity index (χ0n) is 18.1. The van der Waals surface area contributed by atoms with Crippen LogP contribution < -0.4 is 15.0 Å². The summed E-state index contributed by atoms with van der Waals surface area (Å²) in [4.78, 5) is 38.9. The fourth-order valence-corrected chi connectivity index (χ4v) is 3.94. The summed E-state index contributed by atoms with van der Waals surface area (Å²) in [7, 11) is 0. The number of urea groups is 1. The summed E-state index contributed by atoms with van der Waals surface area (Å²) in [6, 6.07) is 19.5. The van der Waals surface area contributed by atoms with Crippen molar-refractivity contribution in [3.05, 3.63) is 99.0 Å². The Morgan fingerprint density at radius 1 is 0.970 bits per heavy atom. The van der Waals surface area contributed by atoms with E-state index in [-0.39, 0.29) is 5.57 Å². The highest BCUT2D eigenvalue weighted by atomic mass is 79.9. The van der Waals surface area contributed by atoms with Crippen LogP contribution in [0.2, 0.25) is 0 Å². The minimum atomic E-state index is -0.759. The van der Waals surface area contributed by atoms with Gasteiger partial charge in [-0.25, -0.2) is 9.69 Å². The number of hydrogen-bond donors (Lipinski definition) is 1. The Bertz CT molecular complexity index is 1280. The van der Waals surface area contributed by atoms with Crippen molar-refractivity contribution in [1.29, 1.82) is 0 Å². The molecule has 0 saturated carbocycles. The molecule has 1 aliphatic rings. The monoisotopic (exact) mass is 504 g/mol. The van der Waals surface area contributed by atoms with E-state index in [0.29, 0.717) is 23.6 Å². The molecule has 6 nitrogen and oxygen atoms in total. The van der Waals surface area contributed by atoms with Crippen LogP contribution in [0, 0.1) is 13.8 Å². The number of nitrogens with zero attached hydrogens (tertiary/aromatic N) is 1. The molecule has 1 saturated heterocycles. The first-order valence-electron chi connectivity index (χ1n) is 10.3. The third kappa shape index (κ3) is 4.88. The van der Waals surface area contributed by atoms with Crippen LogP contribution in [0.1, 0.15) is 22.3 Å². The average Bonchev–Trinajstić information content (AvgIpc) is 2.78. The van der Waals surface area contributed by atoms with Gasteiger partial charge < -0.3 is 4.74 Å². The van der Waals surface area contributed by atoms with E-state index in [1.54, 1.807) is 30.3 Å². The molecule has 1 fully saturated rings. The number of benzene rings is 3. The summed E-state index contributed by atoms with van der Waals surface area (Å²) in [5.74, 6) is -0.732. The Balaban J connectivity index is 1.54. The zero-order valence-corrected chi connectivity index (χ0v) is 19.7. The van der Waals surface area contributed by atoms with Crippen LogP contribution in [0.25, 0.3) is 6.08 Å². The van der Waals surface area contributed by atoms with Crippen molar-refractivity contribution in [1.82, 2.24) is 5.32 Å². The molecule has 166 valence electrons. The number of ether oxygens (including phenoxy) is 1. The second kappa shape index (κ2) is 9.42. The van der Waals surface area contributed by atoms with Gasteiger partial charge in [0.2, 0.25) is 0 Å². The maximum atomic E-state index is 13.1. The molecule has 3 aromatic rings. The summed E-state index contributed by atoms with van der Waals surface area (Å²) < 4.78 is 6.79. The molecule has 1 N–H and O–H groups in total. The molecule has 33 heavy (non-hydrogen) atoms. The summed E-state index contributed by atoms with van der Waals surface area (Å²) in [6.07, 6.45) is 1.47. The molecule has 7 heteroatoms. The van der Waals surface area contributed by atoms with Crippen LogP contribution in [0.4, 0.5) is 10.5 Å².